The maximum atomic E-state index is 12.4. The van der Waals surface area contributed by atoms with E-state index in [1.54, 1.807) is 30.3 Å². The molecule has 3 aromatic rings. The van der Waals surface area contributed by atoms with Crippen LogP contribution in [0, 0.1) is 6.92 Å². The second-order valence-electron chi connectivity index (χ2n) is 6.09. The third-order valence-electron chi connectivity index (χ3n) is 4.09. The number of hydrogen-bond donors (Lipinski definition) is 2. The molecule has 1 atom stereocenters. The first-order chi connectivity index (χ1) is 12.5. The Hall–Kier alpha value is -3.34. The number of aryl methyl sites for hydroxylation is 1. The summed E-state index contributed by atoms with van der Waals surface area (Å²) in [7, 11) is 0. The van der Waals surface area contributed by atoms with Gasteiger partial charge in [0, 0.05) is 11.1 Å². The first kappa shape index (κ1) is 17.5. The highest BCUT2D eigenvalue weighted by Crippen LogP contribution is 2.29. The lowest BCUT2D eigenvalue weighted by atomic mass is 10.1. The Bertz CT molecular complexity index is 963. The van der Waals surface area contributed by atoms with Gasteiger partial charge in [0.2, 0.25) is 0 Å². The van der Waals surface area contributed by atoms with Gasteiger partial charge in [-0.2, -0.15) is 0 Å². The van der Waals surface area contributed by atoms with E-state index in [1.165, 1.54) is 13.0 Å². The van der Waals surface area contributed by atoms with Gasteiger partial charge in [0.05, 0.1) is 0 Å². The van der Waals surface area contributed by atoms with E-state index in [2.05, 4.69) is 5.32 Å². The van der Waals surface area contributed by atoms with Crippen molar-refractivity contribution in [2.75, 3.05) is 5.32 Å². The predicted molar refractivity (Wildman–Crippen MR) is 100 cm³/mol. The summed E-state index contributed by atoms with van der Waals surface area (Å²) in [6, 6.07) is 17.7. The van der Waals surface area contributed by atoms with Crippen LogP contribution in [-0.4, -0.2) is 23.1 Å². The molecule has 3 aromatic carbocycles. The first-order valence-electron chi connectivity index (χ1n) is 8.25. The lowest BCUT2D eigenvalue weighted by Gasteiger charge is -2.14. The SMILES string of the molecule is Cc1ccc(NC(=O)[C@@H](C)OC(=O)c2ccc3ccccc3c2O)cc1. The monoisotopic (exact) mass is 349 g/mol. The number of esters is 1. The van der Waals surface area contributed by atoms with Gasteiger partial charge in [-0.05, 0) is 37.4 Å². The van der Waals surface area contributed by atoms with Crippen molar-refractivity contribution < 1.29 is 19.4 Å². The minimum Gasteiger partial charge on any atom is -0.506 e. The molecule has 0 aliphatic rings. The zero-order chi connectivity index (χ0) is 18.7. The lowest BCUT2D eigenvalue weighted by molar-refractivity contribution is -0.123. The summed E-state index contributed by atoms with van der Waals surface area (Å²) in [6.45, 7) is 3.44. The van der Waals surface area contributed by atoms with Gasteiger partial charge in [-0.1, -0.05) is 48.0 Å². The van der Waals surface area contributed by atoms with Crippen LogP contribution in [0.25, 0.3) is 10.8 Å². The Balaban J connectivity index is 1.71. The molecule has 0 aliphatic heterocycles. The molecule has 3 rings (SSSR count). The van der Waals surface area contributed by atoms with Crippen LogP contribution in [0.15, 0.2) is 60.7 Å². The van der Waals surface area contributed by atoms with Crippen LogP contribution in [0.3, 0.4) is 0 Å². The van der Waals surface area contributed by atoms with Crippen molar-refractivity contribution in [2.24, 2.45) is 0 Å². The van der Waals surface area contributed by atoms with Crippen molar-refractivity contribution in [1.82, 2.24) is 0 Å². The van der Waals surface area contributed by atoms with E-state index in [0.29, 0.717) is 11.1 Å². The number of ether oxygens (including phenoxy) is 1. The van der Waals surface area contributed by atoms with E-state index in [4.69, 9.17) is 4.74 Å². The number of aromatic hydroxyl groups is 1. The summed E-state index contributed by atoms with van der Waals surface area (Å²) in [5.74, 6) is -1.35. The Morgan fingerprint density at radius 1 is 1.00 bits per heavy atom. The highest BCUT2D eigenvalue weighted by Gasteiger charge is 2.22. The van der Waals surface area contributed by atoms with Gasteiger partial charge in [-0.25, -0.2) is 4.79 Å². The normalized spacial score (nSPS) is 11.8. The number of rotatable bonds is 4. The van der Waals surface area contributed by atoms with Crippen molar-refractivity contribution >= 4 is 28.3 Å². The fourth-order valence-corrected chi connectivity index (χ4v) is 2.58. The van der Waals surface area contributed by atoms with Crippen LogP contribution in [0.1, 0.15) is 22.8 Å². The Labute approximate surface area is 151 Å². The lowest BCUT2D eigenvalue weighted by Crippen LogP contribution is -2.30. The third kappa shape index (κ3) is 3.67. The molecule has 26 heavy (non-hydrogen) atoms. The fraction of sp³-hybridized carbons (Fsp3) is 0.143. The van der Waals surface area contributed by atoms with Crippen LogP contribution >= 0.6 is 0 Å². The summed E-state index contributed by atoms with van der Waals surface area (Å²) >= 11 is 0. The minimum atomic E-state index is -1.00. The average Bonchev–Trinajstić information content (AvgIpc) is 2.64. The minimum absolute atomic E-state index is 0.0266. The van der Waals surface area contributed by atoms with Gasteiger partial charge in [0.1, 0.15) is 11.3 Å². The molecule has 0 spiro atoms. The maximum Gasteiger partial charge on any atom is 0.342 e. The number of anilines is 1. The number of carbonyl (C=O) groups excluding carboxylic acids is 2. The van der Waals surface area contributed by atoms with Crippen molar-refractivity contribution in [3.8, 4) is 5.75 Å². The highest BCUT2D eigenvalue weighted by atomic mass is 16.5. The number of hydrogen-bond acceptors (Lipinski definition) is 4. The van der Waals surface area contributed by atoms with Crippen molar-refractivity contribution in [2.45, 2.75) is 20.0 Å². The van der Waals surface area contributed by atoms with Gasteiger partial charge in [-0.15, -0.1) is 0 Å². The molecule has 5 nitrogen and oxygen atoms in total. The molecule has 0 aliphatic carbocycles. The van der Waals surface area contributed by atoms with E-state index in [9.17, 15) is 14.7 Å². The molecule has 0 heterocycles. The van der Waals surface area contributed by atoms with Crippen LogP contribution in [0.2, 0.25) is 0 Å². The number of carbonyl (C=O) groups is 2. The summed E-state index contributed by atoms with van der Waals surface area (Å²) in [5.41, 5.74) is 1.73. The van der Waals surface area contributed by atoms with Crippen LogP contribution < -0.4 is 5.32 Å². The smallest absolute Gasteiger partial charge is 0.342 e. The Kier molecular flexibility index (Phi) is 4.89. The van der Waals surface area contributed by atoms with Gasteiger partial charge in [-0.3, -0.25) is 4.79 Å². The molecule has 0 aromatic heterocycles. The average molecular weight is 349 g/mol. The van der Waals surface area contributed by atoms with Crippen LogP contribution in [0.4, 0.5) is 5.69 Å². The highest BCUT2D eigenvalue weighted by molar-refractivity contribution is 6.02. The largest absolute Gasteiger partial charge is 0.506 e. The quantitative estimate of drug-likeness (QED) is 0.697. The van der Waals surface area contributed by atoms with Gasteiger partial charge < -0.3 is 15.2 Å². The summed E-state index contributed by atoms with van der Waals surface area (Å²) in [4.78, 5) is 24.6. The van der Waals surface area contributed by atoms with E-state index in [1.807, 2.05) is 31.2 Å². The second-order valence-corrected chi connectivity index (χ2v) is 6.09. The van der Waals surface area contributed by atoms with Crippen LogP contribution in [0.5, 0.6) is 5.75 Å². The van der Waals surface area contributed by atoms with Crippen molar-refractivity contribution in [3.05, 3.63) is 71.8 Å². The zero-order valence-electron chi connectivity index (χ0n) is 14.5. The van der Waals surface area contributed by atoms with E-state index in [-0.39, 0.29) is 11.3 Å². The molecule has 132 valence electrons. The standard InChI is InChI=1S/C21H19NO4/c1-13-7-10-16(11-8-13)22-20(24)14(2)26-21(25)18-12-9-15-5-3-4-6-17(15)19(18)23/h3-12,14,23H,1-2H3,(H,22,24)/t14-/m1/s1. The van der Waals surface area contributed by atoms with Gasteiger partial charge >= 0.3 is 5.97 Å². The number of benzene rings is 3. The first-order valence-corrected chi connectivity index (χ1v) is 8.25. The molecular weight excluding hydrogens is 330 g/mol. The number of fused-ring (bicyclic) bond motifs is 1. The molecule has 0 saturated carbocycles. The molecule has 0 unspecified atom stereocenters. The van der Waals surface area contributed by atoms with Gasteiger partial charge in [0.15, 0.2) is 6.10 Å². The molecule has 2 N–H and O–H groups in total. The summed E-state index contributed by atoms with van der Waals surface area (Å²) in [6.07, 6.45) is -1.00. The molecule has 5 heteroatoms. The van der Waals surface area contributed by atoms with E-state index in [0.717, 1.165) is 10.9 Å². The summed E-state index contributed by atoms with van der Waals surface area (Å²) in [5, 5.41) is 14.4. The van der Waals surface area contributed by atoms with Crippen LogP contribution in [-0.2, 0) is 9.53 Å². The topological polar surface area (TPSA) is 75.6 Å². The molecule has 1 amide bonds. The second kappa shape index (κ2) is 7.27. The third-order valence-corrected chi connectivity index (χ3v) is 4.09. The number of nitrogens with one attached hydrogen (secondary N) is 1. The van der Waals surface area contributed by atoms with Crippen molar-refractivity contribution in [3.63, 3.8) is 0 Å². The molecular formula is C21H19NO4. The molecule has 0 saturated heterocycles. The maximum absolute atomic E-state index is 12.4. The Morgan fingerprint density at radius 3 is 2.42 bits per heavy atom. The molecule has 0 radical (unpaired) electrons. The molecule has 0 fully saturated rings. The van der Waals surface area contributed by atoms with Gasteiger partial charge in [0.25, 0.3) is 5.91 Å². The predicted octanol–water partition coefficient (Wildman–Crippen LogP) is 4.04. The fourth-order valence-electron chi connectivity index (χ4n) is 2.58. The number of amides is 1. The Morgan fingerprint density at radius 2 is 1.69 bits per heavy atom. The zero-order valence-corrected chi connectivity index (χ0v) is 14.5. The number of phenolic OH excluding ortho intramolecular Hbond substituents is 1. The molecule has 0 bridgehead atoms. The van der Waals surface area contributed by atoms with E-state index >= 15 is 0 Å². The summed E-state index contributed by atoms with van der Waals surface area (Å²) < 4.78 is 5.21. The van der Waals surface area contributed by atoms with E-state index < -0.39 is 18.0 Å². The van der Waals surface area contributed by atoms with Crippen molar-refractivity contribution in [1.29, 1.82) is 0 Å². The number of phenols is 1.